The summed E-state index contributed by atoms with van der Waals surface area (Å²) in [5, 5.41) is 9.91. The summed E-state index contributed by atoms with van der Waals surface area (Å²) in [7, 11) is 0. The molecule has 4 nitrogen and oxygen atoms in total. The van der Waals surface area contributed by atoms with Crippen LogP contribution in [0.1, 0.15) is 65.2 Å². The molecular formula is C18H30O4. The first-order valence-electron chi connectivity index (χ1n) is 8.53. The van der Waals surface area contributed by atoms with Gasteiger partial charge in [-0.2, -0.15) is 4.89 Å². The summed E-state index contributed by atoms with van der Waals surface area (Å²) in [4.78, 5) is 10.5. The minimum Gasteiger partial charge on any atom is -0.504 e. The van der Waals surface area contributed by atoms with Gasteiger partial charge in [-0.3, -0.25) is 0 Å². The third-order valence-corrected chi connectivity index (χ3v) is 3.43. The van der Waals surface area contributed by atoms with Gasteiger partial charge in [-0.25, -0.2) is 0 Å². The van der Waals surface area contributed by atoms with Gasteiger partial charge in [0.15, 0.2) is 5.75 Å². The summed E-state index contributed by atoms with van der Waals surface area (Å²) in [5.74, 6) is 0.890. The van der Waals surface area contributed by atoms with Crippen LogP contribution in [-0.4, -0.2) is 18.3 Å². The standard InChI is InChI=1S/C18H30O4/c1-3-5-7-9-14-20-18-16(19)12-11-13-17(18)22-21-15-10-8-6-4-2/h11-13,19H,3-10,14-15H2,1-2H3. The monoisotopic (exact) mass is 310 g/mol. The largest absolute Gasteiger partial charge is 0.504 e. The maximum atomic E-state index is 9.91. The fourth-order valence-corrected chi connectivity index (χ4v) is 2.11. The van der Waals surface area contributed by atoms with E-state index in [1.54, 1.807) is 18.2 Å². The van der Waals surface area contributed by atoms with E-state index >= 15 is 0 Å². The van der Waals surface area contributed by atoms with Crippen LogP contribution >= 0.6 is 0 Å². The fourth-order valence-electron chi connectivity index (χ4n) is 2.11. The lowest BCUT2D eigenvalue weighted by atomic mass is 10.2. The molecule has 0 radical (unpaired) electrons. The molecule has 0 saturated carbocycles. The van der Waals surface area contributed by atoms with Gasteiger partial charge >= 0.3 is 0 Å². The number of rotatable bonds is 13. The Morgan fingerprint density at radius 3 is 2.23 bits per heavy atom. The fraction of sp³-hybridized carbons (Fsp3) is 0.667. The molecule has 0 heterocycles. The van der Waals surface area contributed by atoms with Crippen LogP contribution in [0.25, 0.3) is 0 Å². The van der Waals surface area contributed by atoms with Crippen molar-refractivity contribution in [1.29, 1.82) is 0 Å². The lowest BCUT2D eigenvalue weighted by Crippen LogP contribution is -2.03. The SMILES string of the molecule is CCCCCCOOc1cccc(O)c1OCCCCCC. The second-order valence-corrected chi connectivity index (χ2v) is 5.48. The molecule has 22 heavy (non-hydrogen) atoms. The number of phenols is 1. The number of hydrogen-bond donors (Lipinski definition) is 1. The highest BCUT2D eigenvalue weighted by atomic mass is 17.2. The van der Waals surface area contributed by atoms with Crippen molar-refractivity contribution in [2.45, 2.75) is 65.2 Å². The maximum Gasteiger partial charge on any atom is 0.211 e. The zero-order valence-electron chi connectivity index (χ0n) is 14.0. The summed E-state index contributed by atoms with van der Waals surface area (Å²) in [6.07, 6.45) is 9.02. The Balaban J connectivity index is 2.36. The van der Waals surface area contributed by atoms with Crippen LogP contribution in [0.2, 0.25) is 0 Å². The van der Waals surface area contributed by atoms with Crippen molar-refractivity contribution in [2.75, 3.05) is 13.2 Å². The molecule has 0 atom stereocenters. The Morgan fingerprint density at radius 1 is 0.864 bits per heavy atom. The Bertz CT molecular complexity index is 393. The minimum atomic E-state index is 0.0857. The predicted molar refractivity (Wildman–Crippen MR) is 88.5 cm³/mol. The summed E-state index contributed by atoms with van der Waals surface area (Å²) < 4.78 is 5.66. The van der Waals surface area contributed by atoms with E-state index < -0.39 is 0 Å². The number of benzene rings is 1. The van der Waals surface area contributed by atoms with Crippen molar-refractivity contribution in [3.8, 4) is 17.2 Å². The van der Waals surface area contributed by atoms with E-state index in [0.717, 1.165) is 25.7 Å². The lowest BCUT2D eigenvalue weighted by molar-refractivity contribution is -0.208. The number of unbranched alkanes of at least 4 members (excludes halogenated alkanes) is 6. The molecule has 1 aromatic carbocycles. The Hall–Kier alpha value is -1.42. The van der Waals surface area contributed by atoms with Crippen LogP contribution in [0, 0.1) is 0 Å². The van der Waals surface area contributed by atoms with Gasteiger partial charge in [0.1, 0.15) is 0 Å². The van der Waals surface area contributed by atoms with Gasteiger partial charge in [-0.15, -0.1) is 0 Å². The van der Waals surface area contributed by atoms with Crippen molar-refractivity contribution in [3.63, 3.8) is 0 Å². The summed E-state index contributed by atoms with van der Waals surface area (Å²) >= 11 is 0. The molecule has 0 aliphatic carbocycles. The summed E-state index contributed by atoms with van der Waals surface area (Å²) in [6, 6.07) is 5.05. The normalized spacial score (nSPS) is 10.6. The highest BCUT2D eigenvalue weighted by Gasteiger charge is 2.11. The highest BCUT2D eigenvalue weighted by Crippen LogP contribution is 2.36. The molecule has 4 heteroatoms. The number of hydrogen-bond acceptors (Lipinski definition) is 4. The molecular weight excluding hydrogens is 280 g/mol. The second kappa shape index (κ2) is 12.2. The molecule has 0 saturated heterocycles. The first-order valence-corrected chi connectivity index (χ1v) is 8.53. The van der Waals surface area contributed by atoms with Gasteiger partial charge in [0.05, 0.1) is 13.2 Å². The van der Waals surface area contributed by atoms with Gasteiger partial charge in [-0.05, 0) is 25.0 Å². The molecule has 0 unspecified atom stereocenters. The average molecular weight is 310 g/mol. The molecule has 0 spiro atoms. The zero-order chi connectivity index (χ0) is 16.0. The third kappa shape index (κ3) is 7.55. The number of phenolic OH excluding ortho intramolecular Hbond substituents is 1. The van der Waals surface area contributed by atoms with Gasteiger partial charge in [0, 0.05) is 0 Å². The Kier molecular flexibility index (Phi) is 10.3. The Morgan fingerprint density at radius 2 is 1.55 bits per heavy atom. The summed E-state index contributed by atoms with van der Waals surface area (Å²) in [6.45, 7) is 5.47. The minimum absolute atomic E-state index is 0.0857. The van der Waals surface area contributed by atoms with Gasteiger partial charge in [0.25, 0.3) is 0 Å². The van der Waals surface area contributed by atoms with Gasteiger partial charge in [-0.1, -0.05) is 58.4 Å². The topological polar surface area (TPSA) is 47.9 Å². The molecule has 0 aliphatic rings. The molecule has 0 aliphatic heterocycles. The van der Waals surface area contributed by atoms with Crippen molar-refractivity contribution in [2.24, 2.45) is 0 Å². The van der Waals surface area contributed by atoms with E-state index in [4.69, 9.17) is 14.5 Å². The van der Waals surface area contributed by atoms with E-state index in [2.05, 4.69) is 13.8 Å². The molecule has 0 fully saturated rings. The quantitative estimate of drug-likeness (QED) is 0.307. The van der Waals surface area contributed by atoms with E-state index in [0.29, 0.717) is 24.7 Å². The van der Waals surface area contributed by atoms with Gasteiger partial charge < -0.3 is 14.7 Å². The molecule has 0 bridgehead atoms. The summed E-state index contributed by atoms with van der Waals surface area (Å²) in [5.41, 5.74) is 0. The maximum absolute atomic E-state index is 9.91. The second-order valence-electron chi connectivity index (χ2n) is 5.48. The van der Waals surface area contributed by atoms with E-state index in [-0.39, 0.29) is 5.75 Å². The number of para-hydroxylation sites is 1. The lowest BCUT2D eigenvalue weighted by Gasteiger charge is -2.12. The molecule has 1 rings (SSSR count). The molecule has 0 aromatic heterocycles. The van der Waals surface area contributed by atoms with Crippen LogP contribution < -0.4 is 9.62 Å². The van der Waals surface area contributed by atoms with Crippen molar-refractivity contribution in [1.82, 2.24) is 0 Å². The molecule has 1 aromatic rings. The van der Waals surface area contributed by atoms with E-state index in [9.17, 15) is 5.11 Å². The third-order valence-electron chi connectivity index (χ3n) is 3.43. The van der Waals surface area contributed by atoms with Crippen molar-refractivity contribution >= 4 is 0 Å². The van der Waals surface area contributed by atoms with E-state index in [1.807, 2.05) is 0 Å². The highest BCUT2D eigenvalue weighted by molar-refractivity contribution is 5.49. The number of aromatic hydroxyl groups is 1. The van der Waals surface area contributed by atoms with Crippen LogP contribution in [0.4, 0.5) is 0 Å². The van der Waals surface area contributed by atoms with Crippen LogP contribution in [0.5, 0.6) is 17.2 Å². The van der Waals surface area contributed by atoms with Crippen molar-refractivity contribution < 1.29 is 19.6 Å². The molecule has 126 valence electrons. The van der Waals surface area contributed by atoms with Gasteiger partial charge in [0.2, 0.25) is 11.5 Å². The average Bonchev–Trinajstić information content (AvgIpc) is 2.52. The molecule has 0 amide bonds. The van der Waals surface area contributed by atoms with E-state index in [1.165, 1.54) is 25.7 Å². The van der Waals surface area contributed by atoms with Crippen LogP contribution in [0.15, 0.2) is 18.2 Å². The first kappa shape index (κ1) is 18.6. The smallest absolute Gasteiger partial charge is 0.211 e. The van der Waals surface area contributed by atoms with Crippen LogP contribution in [0.3, 0.4) is 0 Å². The molecule has 1 N–H and O–H groups in total. The Labute approximate surface area is 134 Å². The predicted octanol–water partition coefficient (Wildman–Crippen LogP) is 5.24. The zero-order valence-corrected chi connectivity index (χ0v) is 14.0. The first-order chi connectivity index (χ1) is 10.8. The number of ether oxygens (including phenoxy) is 1. The van der Waals surface area contributed by atoms with Crippen LogP contribution in [-0.2, 0) is 4.89 Å². The van der Waals surface area contributed by atoms with Crippen molar-refractivity contribution in [3.05, 3.63) is 18.2 Å².